The van der Waals surface area contributed by atoms with Gasteiger partial charge in [-0.15, -0.1) is 0 Å². The van der Waals surface area contributed by atoms with Crippen molar-refractivity contribution in [3.63, 3.8) is 0 Å². The standard InChI is InChI=1S/C8H15N3O4S2/c1-3-4-7-5-8(10-9-7)11-17(14,15)6-16(2,12)13/h5H,3-4,6H2,1-2H3,(H2,9,10,11). The summed E-state index contributed by atoms with van der Waals surface area (Å²) in [4.78, 5) is 0. The van der Waals surface area contributed by atoms with Crippen LogP contribution in [0.3, 0.4) is 0 Å². The van der Waals surface area contributed by atoms with Crippen molar-refractivity contribution in [2.75, 3.05) is 16.1 Å². The molecule has 0 saturated carbocycles. The molecule has 0 fully saturated rings. The summed E-state index contributed by atoms with van der Waals surface area (Å²) in [7, 11) is -7.51. The van der Waals surface area contributed by atoms with Crippen molar-refractivity contribution < 1.29 is 16.8 Å². The highest BCUT2D eigenvalue weighted by Gasteiger charge is 2.19. The molecule has 0 amide bonds. The lowest BCUT2D eigenvalue weighted by Crippen LogP contribution is -2.22. The number of rotatable bonds is 6. The summed E-state index contributed by atoms with van der Waals surface area (Å²) in [5.74, 6) is 0.108. The smallest absolute Gasteiger partial charge is 0.248 e. The van der Waals surface area contributed by atoms with Crippen LogP contribution in [0.1, 0.15) is 19.0 Å². The minimum atomic E-state index is -3.91. The first-order valence-corrected chi connectivity index (χ1v) is 8.65. The second kappa shape index (κ2) is 5.05. The van der Waals surface area contributed by atoms with Gasteiger partial charge in [-0.2, -0.15) is 5.10 Å². The van der Waals surface area contributed by atoms with E-state index >= 15 is 0 Å². The van der Waals surface area contributed by atoms with Crippen LogP contribution in [0.2, 0.25) is 0 Å². The summed E-state index contributed by atoms with van der Waals surface area (Å²) in [6.07, 6.45) is 2.51. The van der Waals surface area contributed by atoms with Crippen LogP contribution in [0.5, 0.6) is 0 Å². The molecule has 1 aromatic heterocycles. The Hall–Kier alpha value is -1.09. The second-order valence-electron chi connectivity index (χ2n) is 3.79. The maximum Gasteiger partial charge on any atom is 0.248 e. The van der Waals surface area contributed by atoms with E-state index in [0.29, 0.717) is 0 Å². The van der Waals surface area contributed by atoms with Crippen molar-refractivity contribution in [2.24, 2.45) is 0 Å². The maximum atomic E-state index is 11.4. The number of aromatic amines is 1. The molecule has 0 aromatic carbocycles. The van der Waals surface area contributed by atoms with Crippen LogP contribution < -0.4 is 4.72 Å². The molecule has 0 unspecified atom stereocenters. The summed E-state index contributed by atoms with van der Waals surface area (Å²) in [5, 5.41) is 5.46. The van der Waals surface area contributed by atoms with E-state index in [4.69, 9.17) is 0 Å². The lowest BCUT2D eigenvalue weighted by atomic mass is 10.2. The predicted molar refractivity (Wildman–Crippen MR) is 64.8 cm³/mol. The lowest BCUT2D eigenvalue weighted by molar-refractivity contribution is 0.594. The van der Waals surface area contributed by atoms with Crippen LogP contribution in [0, 0.1) is 0 Å². The topological polar surface area (TPSA) is 109 Å². The van der Waals surface area contributed by atoms with Gasteiger partial charge in [-0.05, 0) is 6.42 Å². The van der Waals surface area contributed by atoms with E-state index in [1.165, 1.54) is 0 Å². The molecule has 0 saturated heterocycles. The normalized spacial score (nSPS) is 12.6. The van der Waals surface area contributed by atoms with Gasteiger partial charge in [0, 0.05) is 18.0 Å². The van der Waals surface area contributed by atoms with Gasteiger partial charge in [0.1, 0.15) is 0 Å². The Morgan fingerprint density at radius 1 is 1.35 bits per heavy atom. The Bertz CT molecular complexity index is 574. The zero-order chi connectivity index (χ0) is 13.1. The number of hydrogen-bond donors (Lipinski definition) is 2. The number of nitrogens with one attached hydrogen (secondary N) is 2. The molecule has 1 aromatic rings. The quantitative estimate of drug-likeness (QED) is 0.769. The molecular weight excluding hydrogens is 266 g/mol. The Labute approximate surface area is 101 Å². The van der Waals surface area contributed by atoms with Crippen LogP contribution in [0.4, 0.5) is 5.82 Å². The highest BCUT2D eigenvalue weighted by molar-refractivity contribution is 8.08. The minimum absolute atomic E-state index is 0.108. The Morgan fingerprint density at radius 2 is 2.00 bits per heavy atom. The summed E-state index contributed by atoms with van der Waals surface area (Å²) in [6.45, 7) is 1.98. The Kier molecular flexibility index (Phi) is 4.15. The molecule has 0 aliphatic heterocycles. The molecule has 2 N–H and O–H groups in total. The van der Waals surface area contributed by atoms with E-state index in [2.05, 4.69) is 14.9 Å². The second-order valence-corrected chi connectivity index (χ2v) is 8.02. The van der Waals surface area contributed by atoms with E-state index in [1.807, 2.05) is 6.92 Å². The third-order valence-electron chi connectivity index (χ3n) is 1.78. The Balaban J connectivity index is 2.76. The van der Waals surface area contributed by atoms with Gasteiger partial charge >= 0.3 is 0 Å². The van der Waals surface area contributed by atoms with Gasteiger partial charge in [0.05, 0.1) is 0 Å². The van der Waals surface area contributed by atoms with Crippen LogP contribution in [-0.2, 0) is 26.3 Å². The van der Waals surface area contributed by atoms with Crippen molar-refractivity contribution >= 4 is 25.7 Å². The fraction of sp³-hybridized carbons (Fsp3) is 0.625. The van der Waals surface area contributed by atoms with Crippen LogP contribution in [0.15, 0.2) is 6.07 Å². The lowest BCUT2D eigenvalue weighted by Gasteiger charge is -2.02. The van der Waals surface area contributed by atoms with Crippen LogP contribution in [0.25, 0.3) is 0 Å². The summed E-state index contributed by atoms with van der Waals surface area (Å²) in [5.41, 5.74) is 0.796. The summed E-state index contributed by atoms with van der Waals surface area (Å²) < 4.78 is 46.8. The van der Waals surface area contributed by atoms with Gasteiger partial charge in [0.15, 0.2) is 20.7 Å². The molecule has 0 aliphatic rings. The zero-order valence-electron chi connectivity index (χ0n) is 9.60. The van der Waals surface area contributed by atoms with Crippen molar-refractivity contribution in [3.8, 4) is 0 Å². The third kappa shape index (κ3) is 5.18. The molecule has 9 heteroatoms. The predicted octanol–water partition coefficient (Wildman–Crippen LogP) is 0.106. The van der Waals surface area contributed by atoms with Gasteiger partial charge in [-0.3, -0.25) is 9.82 Å². The number of aromatic nitrogens is 2. The van der Waals surface area contributed by atoms with E-state index in [-0.39, 0.29) is 5.82 Å². The van der Waals surface area contributed by atoms with Crippen molar-refractivity contribution in [1.29, 1.82) is 0 Å². The molecular formula is C8H15N3O4S2. The first kappa shape index (κ1) is 14.0. The molecule has 0 atom stereocenters. The maximum absolute atomic E-state index is 11.4. The SMILES string of the molecule is CCCc1cc(NS(=O)(=O)CS(C)(=O)=O)n[nH]1. The molecule has 0 bridgehead atoms. The van der Waals surface area contributed by atoms with E-state index in [1.54, 1.807) is 6.07 Å². The van der Waals surface area contributed by atoms with Crippen molar-refractivity contribution in [1.82, 2.24) is 10.2 Å². The molecule has 17 heavy (non-hydrogen) atoms. The summed E-state index contributed by atoms with van der Waals surface area (Å²) >= 11 is 0. The fourth-order valence-corrected chi connectivity index (χ4v) is 4.20. The fourth-order valence-electron chi connectivity index (χ4n) is 1.28. The molecule has 1 heterocycles. The zero-order valence-corrected chi connectivity index (χ0v) is 11.2. The third-order valence-corrected chi connectivity index (χ3v) is 5.25. The molecule has 98 valence electrons. The first-order chi connectivity index (χ1) is 7.72. The number of hydrogen-bond acceptors (Lipinski definition) is 5. The Morgan fingerprint density at radius 3 is 2.53 bits per heavy atom. The summed E-state index contributed by atoms with van der Waals surface area (Å²) in [6, 6.07) is 1.54. The van der Waals surface area contributed by atoms with Gasteiger partial charge in [-0.25, -0.2) is 16.8 Å². The van der Waals surface area contributed by atoms with Crippen molar-refractivity contribution in [2.45, 2.75) is 19.8 Å². The van der Waals surface area contributed by atoms with E-state index in [9.17, 15) is 16.8 Å². The van der Waals surface area contributed by atoms with E-state index in [0.717, 1.165) is 24.8 Å². The van der Waals surface area contributed by atoms with Gasteiger partial charge in [0.2, 0.25) is 10.0 Å². The van der Waals surface area contributed by atoms with Crippen LogP contribution >= 0.6 is 0 Å². The van der Waals surface area contributed by atoms with Gasteiger partial charge < -0.3 is 0 Å². The first-order valence-electron chi connectivity index (χ1n) is 4.94. The number of anilines is 1. The number of aryl methyl sites for hydroxylation is 1. The molecule has 1 rings (SSSR count). The number of H-pyrrole nitrogens is 1. The highest BCUT2D eigenvalue weighted by atomic mass is 32.3. The van der Waals surface area contributed by atoms with Gasteiger partial charge in [0.25, 0.3) is 0 Å². The monoisotopic (exact) mass is 281 g/mol. The molecule has 0 aliphatic carbocycles. The average Bonchev–Trinajstić information content (AvgIpc) is 2.47. The van der Waals surface area contributed by atoms with E-state index < -0.39 is 24.9 Å². The molecule has 0 spiro atoms. The number of sulfone groups is 1. The number of nitrogens with zero attached hydrogens (tertiary/aromatic N) is 1. The average molecular weight is 281 g/mol. The molecule has 7 nitrogen and oxygen atoms in total. The van der Waals surface area contributed by atoms with Crippen LogP contribution in [-0.4, -0.2) is 38.4 Å². The highest BCUT2D eigenvalue weighted by Crippen LogP contribution is 2.10. The van der Waals surface area contributed by atoms with Gasteiger partial charge in [-0.1, -0.05) is 13.3 Å². The largest absolute Gasteiger partial charge is 0.280 e. The van der Waals surface area contributed by atoms with Crippen molar-refractivity contribution in [3.05, 3.63) is 11.8 Å². The molecule has 0 radical (unpaired) electrons. The number of sulfonamides is 1. The minimum Gasteiger partial charge on any atom is -0.280 e.